The molecular weight excluding hydrogens is 220 g/mol. The smallest absolute Gasteiger partial charge is 0.244 e. The molecule has 0 saturated carbocycles. The molecule has 2 rings (SSSR count). The molecule has 0 radical (unpaired) electrons. The Labute approximate surface area is 97.7 Å². The van der Waals surface area contributed by atoms with Gasteiger partial charge in [-0.05, 0) is 25.1 Å². The molecule has 0 aliphatic rings. The molecule has 0 aromatic carbocycles. The van der Waals surface area contributed by atoms with E-state index in [-0.39, 0.29) is 11.9 Å². The average molecular weight is 232 g/mol. The molecule has 6 heteroatoms. The normalized spacial score (nSPS) is 12.8. The number of hydrogen-bond acceptors (Lipinski definition) is 4. The number of aromatic nitrogens is 3. The lowest BCUT2D eigenvalue weighted by Gasteiger charge is -2.08. The molecular formula is C11H12N4O2. The van der Waals surface area contributed by atoms with Crippen molar-refractivity contribution in [3.05, 3.63) is 42.4 Å². The van der Waals surface area contributed by atoms with E-state index in [1.165, 1.54) is 12.4 Å². The van der Waals surface area contributed by atoms with E-state index in [2.05, 4.69) is 20.5 Å². The first-order valence-corrected chi connectivity index (χ1v) is 5.13. The van der Waals surface area contributed by atoms with Crippen LogP contribution in [0.5, 0.6) is 0 Å². The van der Waals surface area contributed by atoms with Crippen LogP contribution < -0.4 is 5.32 Å². The molecule has 0 fully saturated rings. The van der Waals surface area contributed by atoms with E-state index in [1.54, 1.807) is 24.5 Å². The molecule has 17 heavy (non-hydrogen) atoms. The Morgan fingerprint density at radius 2 is 2.53 bits per heavy atom. The number of furan rings is 1. The molecule has 1 unspecified atom stereocenters. The second-order valence-corrected chi connectivity index (χ2v) is 3.45. The van der Waals surface area contributed by atoms with Crippen LogP contribution in [0.3, 0.4) is 0 Å². The molecule has 88 valence electrons. The van der Waals surface area contributed by atoms with Gasteiger partial charge >= 0.3 is 0 Å². The largest absolute Gasteiger partial charge is 0.465 e. The van der Waals surface area contributed by atoms with Crippen LogP contribution in [0, 0.1) is 0 Å². The van der Waals surface area contributed by atoms with E-state index in [0.29, 0.717) is 11.6 Å². The number of carbonyl (C=O) groups excluding carboxylic acids is 1. The number of amides is 1. The summed E-state index contributed by atoms with van der Waals surface area (Å²) in [4.78, 5) is 15.5. The number of carbonyl (C=O) groups is 1. The molecule has 0 aliphatic heterocycles. The van der Waals surface area contributed by atoms with E-state index in [9.17, 15) is 4.79 Å². The maximum atomic E-state index is 11.5. The van der Waals surface area contributed by atoms with Gasteiger partial charge < -0.3 is 9.73 Å². The highest BCUT2D eigenvalue weighted by Crippen LogP contribution is 2.05. The number of nitrogens with one attached hydrogen (secondary N) is 2. The zero-order valence-corrected chi connectivity index (χ0v) is 9.25. The average Bonchev–Trinajstić information content (AvgIpc) is 2.99. The van der Waals surface area contributed by atoms with Crippen LogP contribution in [-0.2, 0) is 4.79 Å². The summed E-state index contributed by atoms with van der Waals surface area (Å²) in [5.74, 6) is 1.03. The lowest BCUT2D eigenvalue weighted by molar-refractivity contribution is -0.117. The Balaban J connectivity index is 1.89. The third-order valence-electron chi connectivity index (χ3n) is 2.14. The Hall–Kier alpha value is -2.37. The minimum absolute atomic E-state index is 0.216. The fourth-order valence-electron chi connectivity index (χ4n) is 1.30. The fourth-order valence-corrected chi connectivity index (χ4v) is 1.30. The van der Waals surface area contributed by atoms with Crippen LogP contribution in [0.2, 0.25) is 0 Å². The van der Waals surface area contributed by atoms with Crippen molar-refractivity contribution in [1.29, 1.82) is 0 Å². The molecule has 1 amide bonds. The van der Waals surface area contributed by atoms with Crippen molar-refractivity contribution in [2.75, 3.05) is 0 Å². The third kappa shape index (κ3) is 3.04. The molecule has 6 nitrogen and oxygen atoms in total. The maximum absolute atomic E-state index is 11.5. The van der Waals surface area contributed by atoms with Crippen LogP contribution >= 0.6 is 0 Å². The summed E-state index contributed by atoms with van der Waals surface area (Å²) in [5.41, 5.74) is 0. The van der Waals surface area contributed by atoms with Crippen LogP contribution in [0.4, 0.5) is 0 Å². The SMILES string of the molecule is CC(NC(=O)/C=C/c1ccco1)c1ncn[nH]1. The maximum Gasteiger partial charge on any atom is 0.244 e. The number of nitrogens with zero attached hydrogens (tertiary/aromatic N) is 2. The van der Waals surface area contributed by atoms with Gasteiger partial charge in [-0.25, -0.2) is 4.98 Å². The number of aromatic amines is 1. The van der Waals surface area contributed by atoms with Crippen molar-refractivity contribution in [2.24, 2.45) is 0 Å². The molecule has 2 N–H and O–H groups in total. The van der Waals surface area contributed by atoms with E-state index in [4.69, 9.17) is 4.42 Å². The second-order valence-electron chi connectivity index (χ2n) is 3.45. The molecule has 2 aromatic heterocycles. The Morgan fingerprint density at radius 3 is 3.18 bits per heavy atom. The Kier molecular flexibility index (Phi) is 3.34. The first kappa shape index (κ1) is 11.1. The molecule has 0 bridgehead atoms. The van der Waals surface area contributed by atoms with E-state index >= 15 is 0 Å². The Bertz CT molecular complexity index is 488. The zero-order chi connectivity index (χ0) is 12.1. The summed E-state index contributed by atoms with van der Waals surface area (Å²) in [6.07, 6.45) is 5.96. The van der Waals surface area contributed by atoms with Crippen LogP contribution in [0.1, 0.15) is 24.6 Å². The summed E-state index contributed by atoms with van der Waals surface area (Å²) in [6.45, 7) is 1.82. The quantitative estimate of drug-likeness (QED) is 0.778. The number of hydrogen-bond donors (Lipinski definition) is 2. The first-order valence-electron chi connectivity index (χ1n) is 5.13. The van der Waals surface area contributed by atoms with Crippen LogP contribution in [0.15, 0.2) is 35.2 Å². The van der Waals surface area contributed by atoms with Gasteiger partial charge in [0.1, 0.15) is 17.9 Å². The predicted molar refractivity (Wildman–Crippen MR) is 60.7 cm³/mol. The molecule has 1 atom stereocenters. The van der Waals surface area contributed by atoms with Crippen molar-refractivity contribution in [3.63, 3.8) is 0 Å². The molecule has 2 aromatic rings. The van der Waals surface area contributed by atoms with Gasteiger partial charge in [0.15, 0.2) is 0 Å². The second kappa shape index (κ2) is 5.11. The van der Waals surface area contributed by atoms with E-state index < -0.39 is 0 Å². The molecule has 0 spiro atoms. The lowest BCUT2D eigenvalue weighted by Crippen LogP contribution is -2.25. The highest BCUT2D eigenvalue weighted by atomic mass is 16.3. The summed E-state index contributed by atoms with van der Waals surface area (Å²) in [5, 5.41) is 9.15. The number of rotatable bonds is 4. The van der Waals surface area contributed by atoms with Gasteiger partial charge in [0.2, 0.25) is 5.91 Å². The van der Waals surface area contributed by atoms with Gasteiger partial charge in [-0.15, -0.1) is 0 Å². The van der Waals surface area contributed by atoms with Gasteiger partial charge in [0.05, 0.1) is 12.3 Å². The lowest BCUT2D eigenvalue weighted by atomic mass is 10.3. The van der Waals surface area contributed by atoms with Crippen molar-refractivity contribution in [3.8, 4) is 0 Å². The van der Waals surface area contributed by atoms with Gasteiger partial charge in [-0.1, -0.05) is 0 Å². The first-order chi connectivity index (χ1) is 8.25. The highest BCUT2D eigenvalue weighted by molar-refractivity contribution is 5.91. The van der Waals surface area contributed by atoms with Crippen LogP contribution in [0.25, 0.3) is 6.08 Å². The van der Waals surface area contributed by atoms with Gasteiger partial charge in [-0.2, -0.15) is 5.10 Å². The summed E-state index contributed by atoms with van der Waals surface area (Å²) < 4.78 is 5.07. The van der Waals surface area contributed by atoms with E-state index in [1.807, 2.05) is 6.92 Å². The van der Waals surface area contributed by atoms with E-state index in [0.717, 1.165) is 0 Å². The predicted octanol–water partition coefficient (Wildman–Crippen LogP) is 1.29. The number of H-pyrrole nitrogens is 1. The summed E-state index contributed by atoms with van der Waals surface area (Å²) >= 11 is 0. The molecule has 0 aliphatic carbocycles. The fraction of sp³-hybridized carbons (Fsp3) is 0.182. The van der Waals surface area contributed by atoms with Gasteiger partial charge in [0.25, 0.3) is 0 Å². The zero-order valence-electron chi connectivity index (χ0n) is 9.25. The van der Waals surface area contributed by atoms with Crippen LogP contribution in [-0.4, -0.2) is 21.1 Å². The minimum Gasteiger partial charge on any atom is -0.465 e. The van der Waals surface area contributed by atoms with Crippen molar-refractivity contribution in [2.45, 2.75) is 13.0 Å². The van der Waals surface area contributed by atoms with Gasteiger partial charge in [-0.3, -0.25) is 9.89 Å². The van der Waals surface area contributed by atoms with Crippen molar-refractivity contribution in [1.82, 2.24) is 20.5 Å². The third-order valence-corrected chi connectivity index (χ3v) is 2.14. The molecule has 2 heterocycles. The van der Waals surface area contributed by atoms with Crippen molar-refractivity contribution < 1.29 is 9.21 Å². The topological polar surface area (TPSA) is 83.8 Å². The molecule has 0 saturated heterocycles. The monoisotopic (exact) mass is 232 g/mol. The summed E-state index contributed by atoms with van der Waals surface area (Å²) in [6, 6.07) is 3.31. The Morgan fingerprint density at radius 1 is 1.65 bits per heavy atom. The van der Waals surface area contributed by atoms with Crippen molar-refractivity contribution >= 4 is 12.0 Å². The minimum atomic E-state index is -0.217. The summed E-state index contributed by atoms with van der Waals surface area (Å²) in [7, 11) is 0. The standard InChI is InChI=1S/C11H12N4O2/c1-8(11-12-7-13-15-11)14-10(16)5-4-9-3-2-6-17-9/h2-8H,1H3,(H,14,16)(H,12,13,15)/b5-4+. The highest BCUT2D eigenvalue weighted by Gasteiger charge is 2.09. The van der Waals surface area contributed by atoms with Gasteiger partial charge in [0, 0.05) is 6.08 Å².